The van der Waals surface area contributed by atoms with Crippen LogP contribution in [0.15, 0.2) is 23.1 Å². The second-order valence-corrected chi connectivity index (χ2v) is 4.99. The number of nitrogens with one attached hydrogen (secondary N) is 1. The summed E-state index contributed by atoms with van der Waals surface area (Å²) in [6, 6.07) is 2.98. The maximum absolute atomic E-state index is 11.5. The first-order valence-corrected chi connectivity index (χ1v) is 6.12. The predicted molar refractivity (Wildman–Crippen MR) is 60.7 cm³/mol. The first kappa shape index (κ1) is 14.1. The fourth-order valence-corrected chi connectivity index (χ4v) is 2.12. The van der Waals surface area contributed by atoms with Crippen LogP contribution in [0, 0.1) is 10.1 Å². The quantitative estimate of drug-likeness (QED) is 0.479. The summed E-state index contributed by atoms with van der Waals surface area (Å²) in [6.45, 7) is 0. The molecule has 0 aliphatic heterocycles. The molecule has 0 saturated carbocycles. The van der Waals surface area contributed by atoms with E-state index >= 15 is 0 Å². The van der Waals surface area contributed by atoms with Gasteiger partial charge in [-0.05, 0) is 19.2 Å². The number of carbonyl (C=O) groups is 1. The van der Waals surface area contributed by atoms with Crippen LogP contribution in [0.2, 0.25) is 0 Å². The molecule has 1 rings (SSSR count). The number of rotatable bonds is 4. The Morgan fingerprint density at radius 1 is 1.44 bits per heavy atom. The van der Waals surface area contributed by atoms with Gasteiger partial charge in [-0.1, -0.05) is 0 Å². The smallest absolute Gasteiger partial charge is 0.338 e. The minimum absolute atomic E-state index is 0.0979. The summed E-state index contributed by atoms with van der Waals surface area (Å²) in [5.74, 6) is -0.786. The molecule has 9 heteroatoms. The van der Waals surface area contributed by atoms with E-state index in [0.29, 0.717) is 0 Å². The van der Waals surface area contributed by atoms with Crippen LogP contribution in [0.1, 0.15) is 10.4 Å². The Hall–Kier alpha value is -2.00. The van der Waals surface area contributed by atoms with Crippen LogP contribution in [0.25, 0.3) is 0 Å². The number of nitro benzene ring substituents is 1. The summed E-state index contributed by atoms with van der Waals surface area (Å²) < 4.78 is 29.5. The van der Waals surface area contributed by atoms with E-state index in [0.717, 1.165) is 32.4 Å². The molecule has 0 amide bonds. The zero-order chi connectivity index (χ0) is 13.9. The van der Waals surface area contributed by atoms with E-state index in [1.165, 1.54) is 0 Å². The average molecular weight is 274 g/mol. The van der Waals surface area contributed by atoms with E-state index in [9.17, 15) is 23.3 Å². The summed E-state index contributed by atoms with van der Waals surface area (Å²) in [5.41, 5.74) is -0.786. The third-order valence-electron chi connectivity index (χ3n) is 2.13. The molecule has 18 heavy (non-hydrogen) atoms. The summed E-state index contributed by atoms with van der Waals surface area (Å²) in [6.07, 6.45) is 0. The Kier molecular flexibility index (Phi) is 3.99. The van der Waals surface area contributed by atoms with Gasteiger partial charge in [-0.2, -0.15) is 0 Å². The molecule has 8 nitrogen and oxygen atoms in total. The Morgan fingerprint density at radius 3 is 2.50 bits per heavy atom. The normalized spacial score (nSPS) is 11.0. The number of esters is 1. The highest BCUT2D eigenvalue weighted by Gasteiger charge is 2.26. The summed E-state index contributed by atoms with van der Waals surface area (Å²) >= 11 is 0. The van der Waals surface area contributed by atoms with Gasteiger partial charge in [0.15, 0.2) is 4.90 Å². The van der Waals surface area contributed by atoms with E-state index in [1.807, 2.05) is 4.72 Å². The van der Waals surface area contributed by atoms with Crippen LogP contribution >= 0.6 is 0 Å². The van der Waals surface area contributed by atoms with Gasteiger partial charge in [-0.3, -0.25) is 10.1 Å². The van der Waals surface area contributed by atoms with Crippen molar-refractivity contribution in [2.45, 2.75) is 4.90 Å². The molecule has 0 unspecified atom stereocenters. The molecule has 0 aliphatic rings. The molecule has 0 bridgehead atoms. The van der Waals surface area contributed by atoms with Crippen LogP contribution in [-0.2, 0) is 14.8 Å². The van der Waals surface area contributed by atoms with Crippen LogP contribution in [0.4, 0.5) is 5.69 Å². The maximum atomic E-state index is 11.5. The molecule has 0 fully saturated rings. The van der Waals surface area contributed by atoms with Crippen LogP contribution in [-0.4, -0.2) is 33.5 Å². The summed E-state index contributed by atoms with van der Waals surface area (Å²) in [4.78, 5) is 20.6. The van der Waals surface area contributed by atoms with Gasteiger partial charge in [0, 0.05) is 6.07 Å². The first-order valence-electron chi connectivity index (χ1n) is 4.63. The highest BCUT2D eigenvalue weighted by atomic mass is 32.2. The van der Waals surface area contributed by atoms with Gasteiger partial charge in [-0.25, -0.2) is 17.9 Å². The average Bonchev–Trinajstić information content (AvgIpc) is 2.36. The second kappa shape index (κ2) is 5.10. The molecule has 0 spiro atoms. The molecular formula is C9H10N2O6S. The van der Waals surface area contributed by atoms with Crippen molar-refractivity contribution in [3.05, 3.63) is 33.9 Å². The lowest BCUT2D eigenvalue weighted by molar-refractivity contribution is -0.387. The minimum atomic E-state index is -3.97. The van der Waals surface area contributed by atoms with Gasteiger partial charge < -0.3 is 4.74 Å². The number of carbonyl (C=O) groups excluding carboxylic acids is 1. The summed E-state index contributed by atoms with van der Waals surface area (Å²) in [7, 11) is -1.72. The molecule has 1 aromatic rings. The Bertz CT molecular complexity index is 595. The Labute approximate surface area is 103 Å². The Morgan fingerprint density at radius 2 is 2.06 bits per heavy atom. The molecule has 0 saturated heterocycles. The molecule has 1 aromatic carbocycles. The molecule has 0 aromatic heterocycles. The zero-order valence-corrected chi connectivity index (χ0v) is 10.4. The van der Waals surface area contributed by atoms with Crippen molar-refractivity contribution in [3.63, 3.8) is 0 Å². The number of nitrogens with zero attached hydrogens (tertiary/aromatic N) is 1. The van der Waals surface area contributed by atoms with Gasteiger partial charge in [-0.15, -0.1) is 0 Å². The highest BCUT2D eigenvalue weighted by Crippen LogP contribution is 2.24. The van der Waals surface area contributed by atoms with E-state index in [4.69, 9.17) is 0 Å². The lowest BCUT2D eigenvalue weighted by Crippen LogP contribution is -2.20. The lowest BCUT2D eigenvalue weighted by atomic mass is 10.2. The lowest BCUT2D eigenvalue weighted by Gasteiger charge is -2.05. The van der Waals surface area contributed by atoms with Gasteiger partial charge >= 0.3 is 5.97 Å². The van der Waals surface area contributed by atoms with Gasteiger partial charge in [0.2, 0.25) is 10.0 Å². The van der Waals surface area contributed by atoms with Crippen molar-refractivity contribution >= 4 is 21.7 Å². The molecule has 1 N–H and O–H groups in total. The Balaban J connectivity index is 3.49. The van der Waals surface area contributed by atoms with Crippen molar-refractivity contribution in [1.29, 1.82) is 0 Å². The van der Waals surface area contributed by atoms with E-state index in [1.54, 1.807) is 0 Å². The maximum Gasteiger partial charge on any atom is 0.338 e. The fraction of sp³-hybridized carbons (Fsp3) is 0.222. The van der Waals surface area contributed by atoms with Gasteiger partial charge in [0.25, 0.3) is 5.69 Å². The number of hydrogen-bond acceptors (Lipinski definition) is 6. The highest BCUT2D eigenvalue weighted by molar-refractivity contribution is 7.89. The van der Waals surface area contributed by atoms with Crippen molar-refractivity contribution < 1.29 is 22.9 Å². The molecule has 98 valence electrons. The van der Waals surface area contributed by atoms with Crippen LogP contribution < -0.4 is 4.72 Å². The van der Waals surface area contributed by atoms with Crippen molar-refractivity contribution in [3.8, 4) is 0 Å². The molecule has 0 heterocycles. The van der Waals surface area contributed by atoms with Gasteiger partial charge in [0.1, 0.15) is 0 Å². The third-order valence-corrected chi connectivity index (χ3v) is 3.60. The topological polar surface area (TPSA) is 116 Å². The molecule has 0 atom stereocenters. The molecular weight excluding hydrogens is 264 g/mol. The zero-order valence-electron chi connectivity index (χ0n) is 9.54. The van der Waals surface area contributed by atoms with E-state index < -0.39 is 31.5 Å². The minimum Gasteiger partial charge on any atom is -0.465 e. The fourth-order valence-electron chi connectivity index (χ4n) is 1.24. The monoisotopic (exact) mass is 274 g/mol. The van der Waals surface area contributed by atoms with Crippen molar-refractivity contribution in [2.75, 3.05) is 14.2 Å². The third kappa shape index (κ3) is 2.63. The van der Waals surface area contributed by atoms with Gasteiger partial charge in [0.05, 0.1) is 17.6 Å². The molecule has 0 aliphatic carbocycles. The van der Waals surface area contributed by atoms with Crippen LogP contribution in [0.5, 0.6) is 0 Å². The number of ether oxygens (including phenoxy) is 1. The number of sulfonamides is 1. The van der Waals surface area contributed by atoms with E-state index in [2.05, 4.69) is 4.74 Å². The number of nitro groups is 1. The number of methoxy groups -OCH3 is 1. The van der Waals surface area contributed by atoms with Crippen LogP contribution in [0.3, 0.4) is 0 Å². The predicted octanol–water partition coefficient (Wildman–Crippen LogP) is 0.290. The SMILES string of the molecule is CNS(=O)(=O)c1ccc(C(=O)OC)cc1[N+](=O)[O-]. The number of benzene rings is 1. The number of hydrogen-bond donors (Lipinski definition) is 1. The standard InChI is InChI=1S/C9H10N2O6S/c1-10-18(15,16)8-4-3-6(9(12)17-2)5-7(8)11(13)14/h3-5,10H,1-2H3. The molecule has 0 radical (unpaired) electrons. The van der Waals surface area contributed by atoms with Crippen molar-refractivity contribution in [1.82, 2.24) is 4.72 Å². The first-order chi connectivity index (χ1) is 8.33. The van der Waals surface area contributed by atoms with Crippen molar-refractivity contribution in [2.24, 2.45) is 0 Å². The summed E-state index contributed by atoms with van der Waals surface area (Å²) in [5, 5.41) is 10.8. The largest absolute Gasteiger partial charge is 0.465 e. The second-order valence-electron chi connectivity index (χ2n) is 3.14. The van der Waals surface area contributed by atoms with E-state index in [-0.39, 0.29) is 5.56 Å².